The fourth-order valence-corrected chi connectivity index (χ4v) is 3.45. The Morgan fingerprint density at radius 1 is 1.07 bits per heavy atom. The smallest absolute Gasteiger partial charge is 0.158 e. The molecular formula is C20H22N8O. The number of anilines is 3. The Morgan fingerprint density at radius 2 is 1.86 bits per heavy atom. The van der Waals surface area contributed by atoms with Gasteiger partial charge in [0.15, 0.2) is 5.69 Å². The lowest BCUT2D eigenvalue weighted by molar-refractivity contribution is 0.0996. The van der Waals surface area contributed by atoms with Crippen LogP contribution < -0.4 is 15.5 Å². The summed E-state index contributed by atoms with van der Waals surface area (Å²) < 4.78 is 7.51. The highest BCUT2D eigenvalue weighted by Gasteiger charge is 2.31. The number of methoxy groups -OCH3 is 1. The topological polar surface area (TPSA) is 104 Å². The van der Waals surface area contributed by atoms with Gasteiger partial charge in [0.05, 0.1) is 30.7 Å². The zero-order chi connectivity index (χ0) is 20.2. The molecule has 2 atom stereocenters. The van der Waals surface area contributed by atoms with E-state index in [0.29, 0.717) is 17.7 Å². The Labute approximate surface area is 169 Å². The zero-order valence-corrected chi connectivity index (χ0v) is 16.3. The van der Waals surface area contributed by atoms with Crippen molar-refractivity contribution in [3.8, 4) is 11.8 Å². The number of benzene rings is 1. The number of rotatable bonds is 6. The van der Waals surface area contributed by atoms with Gasteiger partial charge in [-0.15, -0.1) is 0 Å². The summed E-state index contributed by atoms with van der Waals surface area (Å²) in [7, 11) is 3.73. The molecule has 0 bridgehead atoms. The first kappa shape index (κ1) is 18.9. The normalized spacial score (nSPS) is 18.6. The molecule has 2 aromatic heterocycles. The summed E-state index contributed by atoms with van der Waals surface area (Å²) in [4.78, 5) is 14.8. The van der Waals surface area contributed by atoms with Gasteiger partial charge in [0.25, 0.3) is 0 Å². The third-order valence-electron chi connectivity index (χ3n) is 5.06. The minimum absolute atomic E-state index is 0.187. The summed E-state index contributed by atoms with van der Waals surface area (Å²) in [6.45, 7) is 1.78. The van der Waals surface area contributed by atoms with Crippen LogP contribution in [0.2, 0.25) is 0 Å². The van der Waals surface area contributed by atoms with Crippen LogP contribution in [0.25, 0.3) is 5.69 Å². The molecule has 0 spiro atoms. The van der Waals surface area contributed by atoms with Crippen molar-refractivity contribution >= 4 is 17.3 Å². The quantitative estimate of drug-likeness (QED) is 0.655. The van der Waals surface area contributed by atoms with Gasteiger partial charge in [-0.25, -0.2) is 15.0 Å². The van der Waals surface area contributed by atoms with Gasteiger partial charge in [-0.05, 0) is 31.3 Å². The van der Waals surface area contributed by atoms with E-state index in [9.17, 15) is 0 Å². The predicted molar refractivity (Wildman–Crippen MR) is 109 cm³/mol. The second kappa shape index (κ2) is 8.26. The largest absolute Gasteiger partial charge is 0.378 e. The van der Waals surface area contributed by atoms with Gasteiger partial charge in [-0.1, -0.05) is 0 Å². The van der Waals surface area contributed by atoms with Gasteiger partial charge in [-0.3, -0.25) is 0 Å². The Kier molecular flexibility index (Phi) is 5.37. The van der Waals surface area contributed by atoms with E-state index < -0.39 is 0 Å². The monoisotopic (exact) mass is 390 g/mol. The second-order valence-electron chi connectivity index (χ2n) is 6.78. The molecule has 1 aromatic carbocycles. The summed E-state index contributed by atoms with van der Waals surface area (Å²) in [6.07, 6.45) is 6.73. The maximum Gasteiger partial charge on any atom is 0.158 e. The fourth-order valence-electron chi connectivity index (χ4n) is 3.45. The molecule has 0 aliphatic carbocycles. The van der Waals surface area contributed by atoms with E-state index in [0.717, 1.165) is 18.8 Å². The first-order valence-electron chi connectivity index (χ1n) is 9.28. The number of nitriles is 1. The molecule has 0 saturated carbocycles. The average Bonchev–Trinajstić information content (AvgIpc) is 3.41. The van der Waals surface area contributed by atoms with Crippen LogP contribution in [0.15, 0.2) is 49.2 Å². The molecule has 3 aromatic rings. The number of aromatic nitrogens is 4. The summed E-state index contributed by atoms with van der Waals surface area (Å²) in [5.41, 5.74) is 2.45. The van der Waals surface area contributed by atoms with Gasteiger partial charge in [0, 0.05) is 31.6 Å². The molecule has 1 aliphatic heterocycles. The SMILES string of the molecule is CN[C@H]1CN(c2ccc(-n3cnc(Nc4cnc(C#N)cn4)c3)cc2)C[C@H]1OC. The Morgan fingerprint density at radius 3 is 2.48 bits per heavy atom. The highest BCUT2D eigenvalue weighted by molar-refractivity contribution is 5.54. The van der Waals surface area contributed by atoms with Crippen molar-refractivity contribution in [3.05, 3.63) is 54.9 Å². The predicted octanol–water partition coefficient (Wildman–Crippen LogP) is 1.70. The molecule has 148 valence electrons. The summed E-state index contributed by atoms with van der Waals surface area (Å²) in [6, 6.07) is 10.6. The number of likely N-dealkylation sites (N-methyl/N-ethyl adjacent to an activating group) is 1. The summed E-state index contributed by atoms with van der Waals surface area (Å²) in [5, 5.41) is 15.2. The number of hydrogen-bond donors (Lipinski definition) is 2. The van der Waals surface area contributed by atoms with Gasteiger partial charge in [0.2, 0.25) is 0 Å². The fraction of sp³-hybridized carbons (Fsp3) is 0.300. The van der Waals surface area contributed by atoms with E-state index in [1.807, 2.05) is 23.9 Å². The minimum atomic E-state index is 0.187. The van der Waals surface area contributed by atoms with Crippen LogP contribution in [0.4, 0.5) is 17.3 Å². The van der Waals surface area contributed by atoms with Crippen LogP contribution in [0.3, 0.4) is 0 Å². The van der Waals surface area contributed by atoms with Crippen molar-refractivity contribution in [1.29, 1.82) is 5.26 Å². The van der Waals surface area contributed by atoms with Crippen LogP contribution >= 0.6 is 0 Å². The van der Waals surface area contributed by atoms with Gasteiger partial charge < -0.3 is 24.8 Å². The molecule has 29 heavy (non-hydrogen) atoms. The molecule has 1 saturated heterocycles. The van der Waals surface area contributed by atoms with E-state index in [1.165, 1.54) is 18.1 Å². The molecule has 9 heteroatoms. The number of nitrogens with one attached hydrogen (secondary N) is 2. The number of ether oxygens (including phenoxy) is 1. The van der Waals surface area contributed by atoms with E-state index >= 15 is 0 Å². The lowest BCUT2D eigenvalue weighted by atomic mass is 10.2. The van der Waals surface area contributed by atoms with Crippen molar-refractivity contribution in [1.82, 2.24) is 24.8 Å². The van der Waals surface area contributed by atoms with E-state index in [1.54, 1.807) is 13.4 Å². The molecule has 3 heterocycles. The van der Waals surface area contributed by atoms with Crippen LogP contribution in [0.1, 0.15) is 5.69 Å². The molecule has 0 radical (unpaired) electrons. The Hall–Kier alpha value is -3.48. The highest BCUT2D eigenvalue weighted by atomic mass is 16.5. The first-order chi connectivity index (χ1) is 14.2. The lowest BCUT2D eigenvalue weighted by Crippen LogP contribution is -2.37. The van der Waals surface area contributed by atoms with Crippen molar-refractivity contribution in [2.75, 3.05) is 37.5 Å². The third-order valence-corrected chi connectivity index (χ3v) is 5.06. The molecular weight excluding hydrogens is 368 g/mol. The van der Waals surface area contributed by atoms with Crippen LogP contribution in [0, 0.1) is 11.3 Å². The molecule has 1 aliphatic rings. The summed E-state index contributed by atoms with van der Waals surface area (Å²) >= 11 is 0. The highest BCUT2D eigenvalue weighted by Crippen LogP contribution is 2.24. The molecule has 9 nitrogen and oxygen atoms in total. The Bertz CT molecular complexity index is 981. The van der Waals surface area contributed by atoms with Crippen LogP contribution in [-0.2, 0) is 4.74 Å². The van der Waals surface area contributed by atoms with Gasteiger partial charge in [-0.2, -0.15) is 5.26 Å². The van der Waals surface area contributed by atoms with Gasteiger partial charge in [0.1, 0.15) is 24.0 Å². The van der Waals surface area contributed by atoms with Crippen molar-refractivity contribution in [2.45, 2.75) is 12.1 Å². The minimum Gasteiger partial charge on any atom is -0.378 e. The van der Waals surface area contributed by atoms with Crippen molar-refractivity contribution in [2.24, 2.45) is 0 Å². The zero-order valence-electron chi connectivity index (χ0n) is 16.3. The average molecular weight is 390 g/mol. The third kappa shape index (κ3) is 4.03. The van der Waals surface area contributed by atoms with Crippen LogP contribution in [-0.4, -0.2) is 58.9 Å². The molecule has 1 fully saturated rings. The first-order valence-corrected chi connectivity index (χ1v) is 9.28. The lowest BCUT2D eigenvalue weighted by Gasteiger charge is -2.18. The Balaban J connectivity index is 1.44. The van der Waals surface area contributed by atoms with Crippen molar-refractivity contribution < 1.29 is 4.74 Å². The van der Waals surface area contributed by atoms with Gasteiger partial charge >= 0.3 is 0 Å². The van der Waals surface area contributed by atoms with Crippen LogP contribution in [0.5, 0.6) is 0 Å². The maximum atomic E-state index is 8.79. The summed E-state index contributed by atoms with van der Waals surface area (Å²) in [5.74, 6) is 1.18. The molecule has 4 rings (SSSR count). The van der Waals surface area contributed by atoms with Crippen molar-refractivity contribution in [3.63, 3.8) is 0 Å². The molecule has 0 amide bonds. The van der Waals surface area contributed by atoms with E-state index in [-0.39, 0.29) is 11.8 Å². The standard InChI is InChI=1S/C20H22N8O/c1-22-17-10-27(11-18(17)29-2)15-3-5-16(6-4-15)28-12-20(25-13-28)26-19-9-23-14(7-21)8-24-19/h3-6,8-9,12-13,17-18,22H,10-11H2,1-2H3,(H,24,26)/t17-,18+/m0/s1. The van der Waals surface area contributed by atoms with E-state index in [4.69, 9.17) is 10.00 Å². The number of nitrogens with zero attached hydrogens (tertiary/aromatic N) is 6. The number of imidazole rings is 1. The van der Waals surface area contributed by atoms with E-state index in [2.05, 4.69) is 54.8 Å². The second-order valence-corrected chi connectivity index (χ2v) is 6.78. The maximum absolute atomic E-state index is 8.79. The molecule has 0 unspecified atom stereocenters. The molecule has 2 N–H and O–H groups in total. The number of hydrogen-bond acceptors (Lipinski definition) is 8.